The first-order chi connectivity index (χ1) is 9.25. The van der Waals surface area contributed by atoms with Gasteiger partial charge in [0.25, 0.3) is 0 Å². The molecule has 20 heavy (non-hydrogen) atoms. The summed E-state index contributed by atoms with van der Waals surface area (Å²) in [5.74, 6) is -1.35. The van der Waals surface area contributed by atoms with Gasteiger partial charge in [-0.25, -0.2) is 14.3 Å². The Morgan fingerprint density at radius 2 is 2.15 bits per heavy atom. The fourth-order valence-corrected chi connectivity index (χ4v) is 2.55. The van der Waals surface area contributed by atoms with Crippen LogP contribution < -0.4 is 0 Å². The van der Waals surface area contributed by atoms with E-state index in [0.717, 1.165) is 0 Å². The summed E-state index contributed by atoms with van der Waals surface area (Å²) in [7, 11) is 0. The van der Waals surface area contributed by atoms with E-state index < -0.39 is 18.1 Å². The zero-order valence-electron chi connectivity index (χ0n) is 9.96. The van der Waals surface area contributed by atoms with Crippen molar-refractivity contribution in [1.29, 1.82) is 0 Å². The van der Waals surface area contributed by atoms with Crippen LogP contribution in [0.1, 0.15) is 12.7 Å². The Morgan fingerprint density at radius 1 is 1.50 bits per heavy atom. The van der Waals surface area contributed by atoms with E-state index in [4.69, 9.17) is 11.6 Å². The van der Waals surface area contributed by atoms with Gasteiger partial charge in [0, 0.05) is 9.50 Å². The molecule has 108 valence electrons. The normalized spacial score (nSPS) is 11.9. The fraction of sp³-hybridized carbons (Fsp3) is 0.273. The van der Waals surface area contributed by atoms with E-state index in [1.54, 1.807) is 0 Å². The van der Waals surface area contributed by atoms with Gasteiger partial charge in [0.05, 0.1) is 12.1 Å². The molecule has 0 unspecified atom stereocenters. The molecule has 2 aromatic rings. The van der Waals surface area contributed by atoms with Crippen molar-refractivity contribution in [2.75, 3.05) is 6.61 Å². The van der Waals surface area contributed by atoms with Gasteiger partial charge < -0.3 is 4.74 Å². The van der Waals surface area contributed by atoms with Crippen molar-refractivity contribution in [3.8, 4) is 0 Å². The number of halogens is 5. The molecule has 0 amide bonds. The van der Waals surface area contributed by atoms with Gasteiger partial charge in [-0.15, -0.1) is 0 Å². The second kappa shape index (κ2) is 5.25. The van der Waals surface area contributed by atoms with Crippen LogP contribution in [0.15, 0.2) is 16.6 Å². The van der Waals surface area contributed by atoms with Gasteiger partial charge in [-0.3, -0.25) is 0 Å². The molecule has 0 atom stereocenters. The van der Waals surface area contributed by atoms with Crippen molar-refractivity contribution in [2.24, 2.45) is 0 Å². The highest BCUT2D eigenvalue weighted by Crippen LogP contribution is 2.35. The summed E-state index contributed by atoms with van der Waals surface area (Å²) >= 11 is 8.87. The minimum absolute atomic E-state index is 0.0187. The molecule has 0 spiro atoms. The van der Waals surface area contributed by atoms with Gasteiger partial charge in [-0.2, -0.15) is 13.2 Å². The molecule has 4 nitrogen and oxygen atoms in total. The third-order valence-electron chi connectivity index (χ3n) is 2.38. The summed E-state index contributed by atoms with van der Waals surface area (Å²) in [6.45, 7) is 1.44. The van der Waals surface area contributed by atoms with Crippen LogP contribution in [0.2, 0.25) is 5.02 Å². The average molecular weight is 372 g/mol. The first kappa shape index (κ1) is 15.1. The molecule has 1 aromatic heterocycles. The standard InChI is InChI=1S/C11H7BrClF3N2O2/c1-2-20-10(19)18-7-4-5(13)3-6(12)8(7)17-9(18)11(14,15)16/h3-4H,2H2,1H3. The summed E-state index contributed by atoms with van der Waals surface area (Å²) < 4.78 is 44.2. The highest BCUT2D eigenvalue weighted by Gasteiger charge is 2.40. The van der Waals surface area contributed by atoms with Crippen LogP contribution >= 0.6 is 27.5 Å². The highest BCUT2D eigenvalue weighted by molar-refractivity contribution is 9.10. The summed E-state index contributed by atoms with van der Waals surface area (Å²) in [5, 5.41) is 0.170. The lowest BCUT2D eigenvalue weighted by molar-refractivity contribution is -0.146. The summed E-state index contributed by atoms with van der Waals surface area (Å²) in [4.78, 5) is 15.2. The zero-order chi connectivity index (χ0) is 15.1. The number of rotatable bonds is 1. The number of alkyl halides is 3. The molecule has 0 saturated carbocycles. The number of imidazole rings is 1. The molecule has 0 fully saturated rings. The second-order valence-electron chi connectivity index (χ2n) is 3.72. The van der Waals surface area contributed by atoms with Crippen molar-refractivity contribution < 1.29 is 22.7 Å². The van der Waals surface area contributed by atoms with Crippen molar-refractivity contribution in [3.05, 3.63) is 27.5 Å². The molecular weight excluding hydrogens is 364 g/mol. The Kier molecular flexibility index (Phi) is 3.97. The van der Waals surface area contributed by atoms with E-state index in [1.165, 1.54) is 19.1 Å². The molecule has 0 saturated heterocycles. The van der Waals surface area contributed by atoms with Crippen LogP contribution in [0.3, 0.4) is 0 Å². The number of nitrogens with zero attached hydrogens (tertiary/aromatic N) is 2. The fourth-order valence-electron chi connectivity index (χ4n) is 1.67. The largest absolute Gasteiger partial charge is 0.450 e. The number of hydrogen-bond donors (Lipinski definition) is 0. The number of benzene rings is 1. The number of fused-ring (bicyclic) bond motifs is 1. The van der Waals surface area contributed by atoms with E-state index in [2.05, 4.69) is 25.7 Å². The molecular formula is C11H7BrClF3N2O2. The number of hydrogen-bond acceptors (Lipinski definition) is 3. The lowest BCUT2D eigenvalue weighted by Gasteiger charge is -2.09. The monoisotopic (exact) mass is 370 g/mol. The Labute approximate surface area is 124 Å². The molecule has 0 N–H and O–H groups in total. The minimum Gasteiger partial charge on any atom is -0.449 e. The zero-order valence-corrected chi connectivity index (χ0v) is 12.3. The Bertz CT molecular complexity index is 684. The van der Waals surface area contributed by atoms with E-state index >= 15 is 0 Å². The first-order valence-corrected chi connectivity index (χ1v) is 6.54. The van der Waals surface area contributed by atoms with Crippen molar-refractivity contribution >= 4 is 44.7 Å². The van der Waals surface area contributed by atoms with Crippen LogP contribution in [0.5, 0.6) is 0 Å². The SMILES string of the molecule is CCOC(=O)n1c(C(F)(F)F)nc2c(Br)cc(Cl)cc21. The van der Waals surface area contributed by atoms with E-state index in [9.17, 15) is 18.0 Å². The summed E-state index contributed by atoms with van der Waals surface area (Å²) in [6, 6.07) is 2.62. The number of ether oxygens (including phenoxy) is 1. The van der Waals surface area contributed by atoms with Crippen LogP contribution in [0.25, 0.3) is 11.0 Å². The third kappa shape index (κ3) is 2.62. The summed E-state index contributed by atoms with van der Waals surface area (Å²) in [6.07, 6.45) is -5.95. The summed E-state index contributed by atoms with van der Waals surface area (Å²) in [5.41, 5.74) is -0.0927. The Balaban J connectivity index is 2.82. The van der Waals surface area contributed by atoms with Crippen molar-refractivity contribution in [3.63, 3.8) is 0 Å². The maximum atomic E-state index is 13.0. The van der Waals surface area contributed by atoms with Crippen molar-refractivity contribution in [2.45, 2.75) is 13.1 Å². The number of carbonyl (C=O) groups excluding carboxylic acids is 1. The number of aromatic nitrogens is 2. The predicted molar refractivity (Wildman–Crippen MR) is 69.9 cm³/mol. The molecule has 0 bridgehead atoms. The van der Waals surface area contributed by atoms with E-state index in [0.29, 0.717) is 4.57 Å². The molecule has 0 aliphatic heterocycles. The maximum absolute atomic E-state index is 13.0. The second-order valence-corrected chi connectivity index (χ2v) is 5.01. The number of carbonyl (C=O) groups is 1. The predicted octanol–water partition coefficient (Wildman–Crippen LogP) is 4.48. The average Bonchev–Trinajstić information content (AvgIpc) is 2.68. The molecule has 0 radical (unpaired) electrons. The smallest absolute Gasteiger partial charge is 0.449 e. The van der Waals surface area contributed by atoms with Crippen LogP contribution in [-0.4, -0.2) is 22.3 Å². The van der Waals surface area contributed by atoms with Crippen molar-refractivity contribution in [1.82, 2.24) is 9.55 Å². The third-order valence-corrected chi connectivity index (χ3v) is 3.21. The molecule has 9 heteroatoms. The highest BCUT2D eigenvalue weighted by atomic mass is 79.9. The van der Waals surface area contributed by atoms with Crippen LogP contribution in [0.4, 0.5) is 18.0 Å². The van der Waals surface area contributed by atoms with Crippen LogP contribution in [0, 0.1) is 0 Å². The molecule has 1 aromatic carbocycles. The maximum Gasteiger partial charge on any atom is 0.450 e. The lowest BCUT2D eigenvalue weighted by atomic mass is 10.3. The van der Waals surface area contributed by atoms with Gasteiger partial charge in [0.15, 0.2) is 0 Å². The van der Waals surface area contributed by atoms with E-state index in [1.807, 2.05) is 0 Å². The van der Waals surface area contributed by atoms with Gasteiger partial charge in [0.2, 0.25) is 5.82 Å². The lowest BCUT2D eigenvalue weighted by Crippen LogP contribution is -2.22. The molecule has 0 aliphatic carbocycles. The topological polar surface area (TPSA) is 44.1 Å². The minimum atomic E-state index is -4.79. The van der Waals surface area contributed by atoms with Crippen LogP contribution in [-0.2, 0) is 10.9 Å². The molecule has 1 heterocycles. The molecule has 2 rings (SSSR count). The Morgan fingerprint density at radius 3 is 2.70 bits per heavy atom. The Hall–Kier alpha value is -1.28. The van der Waals surface area contributed by atoms with Gasteiger partial charge in [-0.05, 0) is 35.0 Å². The van der Waals surface area contributed by atoms with E-state index in [-0.39, 0.29) is 27.1 Å². The van der Waals surface area contributed by atoms with Gasteiger partial charge >= 0.3 is 12.3 Å². The van der Waals surface area contributed by atoms with Gasteiger partial charge in [-0.1, -0.05) is 11.6 Å². The quantitative estimate of drug-likeness (QED) is 0.742. The first-order valence-electron chi connectivity index (χ1n) is 5.37. The molecule has 0 aliphatic rings. The van der Waals surface area contributed by atoms with Gasteiger partial charge in [0.1, 0.15) is 5.52 Å².